The van der Waals surface area contributed by atoms with Crippen LogP contribution in [-0.4, -0.2) is 44.9 Å². The number of aryl methyl sites for hydroxylation is 1. The lowest BCUT2D eigenvalue weighted by Gasteiger charge is -2.46. The quantitative estimate of drug-likeness (QED) is 0.312. The highest BCUT2D eigenvalue weighted by Gasteiger charge is 2.62. The fourth-order valence-electron chi connectivity index (χ4n) is 6.63. The van der Waals surface area contributed by atoms with Crippen LogP contribution in [0.5, 0.6) is 0 Å². The lowest BCUT2D eigenvalue weighted by atomic mass is 9.57. The van der Waals surface area contributed by atoms with E-state index >= 15 is 0 Å². The smallest absolute Gasteiger partial charge is 0.382 e. The Hall–Kier alpha value is -3.98. The molecule has 3 N–H and O–H groups in total. The van der Waals surface area contributed by atoms with E-state index in [-0.39, 0.29) is 43.0 Å². The van der Waals surface area contributed by atoms with Crippen molar-refractivity contribution in [1.29, 1.82) is 5.26 Å². The summed E-state index contributed by atoms with van der Waals surface area (Å²) >= 11 is 0. The SMILES string of the molecule is Cn1cnnc1[C@]1(c2cccc(NC(=O)c3cc(CNCC4(C(F)(F)F)CC4)c4c(n3)C(C)(C)CN4)c2)C[C@H](CC#N)C1. The number of nitrogens with zero attached hydrogens (tertiary/aromatic N) is 5. The number of alkyl halides is 3. The fourth-order valence-corrected chi connectivity index (χ4v) is 6.63. The molecule has 226 valence electrons. The second-order valence-corrected chi connectivity index (χ2v) is 13.0. The lowest BCUT2D eigenvalue weighted by molar-refractivity contribution is -0.185. The van der Waals surface area contributed by atoms with Crippen molar-refractivity contribution in [3.63, 3.8) is 0 Å². The maximum absolute atomic E-state index is 13.6. The summed E-state index contributed by atoms with van der Waals surface area (Å²) < 4.78 is 42.3. The Morgan fingerprint density at radius 2 is 2.00 bits per heavy atom. The largest absolute Gasteiger partial charge is 0.395 e. The summed E-state index contributed by atoms with van der Waals surface area (Å²) in [6.45, 7) is 4.68. The van der Waals surface area contributed by atoms with Crippen LogP contribution in [0.2, 0.25) is 0 Å². The highest BCUT2D eigenvalue weighted by Crippen LogP contribution is 2.57. The first-order valence-electron chi connectivity index (χ1n) is 14.6. The molecule has 0 radical (unpaired) electrons. The molecule has 3 aliphatic rings. The van der Waals surface area contributed by atoms with Crippen molar-refractivity contribution in [3.05, 3.63) is 65.0 Å². The zero-order chi connectivity index (χ0) is 30.6. The molecular formula is C31H35F3N8O. The van der Waals surface area contributed by atoms with Crippen LogP contribution in [0, 0.1) is 22.7 Å². The van der Waals surface area contributed by atoms with Gasteiger partial charge in [-0.1, -0.05) is 26.0 Å². The van der Waals surface area contributed by atoms with Crippen LogP contribution in [0.25, 0.3) is 0 Å². The Labute approximate surface area is 248 Å². The predicted octanol–water partition coefficient (Wildman–Crippen LogP) is 5.21. The zero-order valence-electron chi connectivity index (χ0n) is 24.5. The third kappa shape index (κ3) is 5.13. The number of anilines is 2. The van der Waals surface area contributed by atoms with E-state index in [1.54, 1.807) is 12.4 Å². The molecule has 0 saturated heterocycles. The van der Waals surface area contributed by atoms with E-state index in [2.05, 4.69) is 32.2 Å². The molecule has 6 rings (SSSR count). The number of hydrogen-bond donors (Lipinski definition) is 3. The lowest BCUT2D eigenvalue weighted by Crippen LogP contribution is -2.44. The molecule has 0 unspecified atom stereocenters. The summed E-state index contributed by atoms with van der Waals surface area (Å²) in [6, 6.07) is 11.6. The molecule has 3 heterocycles. The van der Waals surface area contributed by atoms with Gasteiger partial charge < -0.3 is 20.5 Å². The molecule has 2 saturated carbocycles. The molecule has 0 spiro atoms. The van der Waals surface area contributed by atoms with E-state index in [0.717, 1.165) is 35.6 Å². The van der Waals surface area contributed by atoms with E-state index in [1.165, 1.54) is 0 Å². The number of nitrogens with one attached hydrogen (secondary N) is 3. The molecule has 0 atom stereocenters. The first-order valence-corrected chi connectivity index (χ1v) is 14.6. The molecule has 9 nitrogen and oxygen atoms in total. The number of aromatic nitrogens is 4. The van der Waals surface area contributed by atoms with Gasteiger partial charge in [0.25, 0.3) is 5.91 Å². The van der Waals surface area contributed by atoms with E-state index in [9.17, 15) is 23.2 Å². The number of halogens is 3. The standard InChI is InChI=1S/C31H35F3N8O/c1-28(2)16-37-24-20(15-36-17-29(8-9-29)31(32,33)34)11-23(40-25(24)28)26(43)39-22-6-4-5-21(12-22)30(13-19(14-30)7-10-35)27-41-38-18-42(27)3/h4-6,11-12,18-19,36-37H,7-9,13-17H2,1-3H3,(H,39,43)/t19-,30+. The van der Waals surface area contributed by atoms with Crippen LogP contribution < -0.4 is 16.0 Å². The van der Waals surface area contributed by atoms with E-state index < -0.39 is 22.9 Å². The minimum atomic E-state index is -4.23. The first-order chi connectivity index (χ1) is 20.4. The molecule has 12 heteroatoms. The molecule has 2 fully saturated rings. The molecule has 2 aliphatic carbocycles. The number of nitriles is 1. The van der Waals surface area contributed by atoms with Crippen LogP contribution >= 0.6 is 0 Å². The van der Waals surface area contributed by atoms with Crippen molar-refractivity contribution in [2.24, 2.45) is 18.4 Å². The maximum Gasteiger partial charge on any atom is 0.395 e. The number of rotatable bonds is 9. The average molecular weight is 593 g/mol. The van der Waals surface area contributed by atoms with Gasteiger partial charge in [-0.2, -0.15) is 18.4 Å². The van der Waals surface area contributed by atoms with Crippen molar-refractivity contribution < 1.29 is 18.0 Å². The first kappa shape index (κ1) is 29.1. The second kappa shape index (κ2) is 10.3. The third-order valence-corrected chi connectivity index (χ3v) is 9.38. The maximum atomic E-state index is 13.6. The Balaban J connectivity index is 1.25. The molecule has 1 aliphatic heterocycles. The molecule has 3 aromatic rings. The molecule has 2 aromatic heterocycles. The van der Waals surface area contributed by atoms with E-state index in [0.29, 0.717) is 24.2 Å². The molecule has 1 amide bonds. The Kier molecular flexibility index (Phi) is 6.99. The molecular weight excluding hydrogens is 557 g/mol. The average Bonchev–Trinajstić information content (AvgIpc) is 3.52. The highest BCUT2D eigenvalue weighted by atomic mass is 19.4. The number of amides is 1. The van der Waals surface area contributed by atoms with Crippen molar-refractivity contribution >= 4 is 17.3 Å². The third-order valence-electron chi connectivity index (χ3n) is 9.38. The van der Waals surface area contributed by atoms with E-state index in [4.69, 9.17) is 4.98 Å². The molecule has 1 aromatic carbocycles. The summed E-state index contributed by atoms with van der Waals surface area (Å²) in [5, 5.41) is 27.0. The summed E-state index contributed by atoms with van der Waals surface area (Å²) in [7, 11) is 1.90. The van der Waals surface area contributed by atoms with Crippen molar-refractivity contribution in [2.75, 3.05) is 23.7 Å². The van der Waals surface area contributed by atoms with Gasteiger partial charge >= 0.3 is 6.18 Å². The van der Waals surface area contributed by atoms with Gasteiger partial charge in [0, 0.05) is 44.2 Å². The Morgan fingerprint density at radius 1 is 1.23 bits per heavy atom. The van der Waals surface area contributed by atoms with Gasteiger partial charge in [-0.25, -0.2) is 4.98 Å². The van der Waals surface area contributed by atoms with Crippen LogP contribution in [0.3, 0.4) is 0 Å². The van der Waals surface area contributed by atoms with Gasteiger partial charge in [0.05, 0.1) is 28.3 Å². The van der Waals surface area contributed by atoms with Crippen LogP contribution in [0.15, 0.2) is 36.7 Å². The summed E-state index contributed by atoms with van der Waals surface area (Å²) in [5.41, 5.74) is 1.57. The summed E-state index contributed by atoms with van der Waals surface area (Å²) in [5.74, 6) is 0.669. The van der Waals surface area contributed by atoms with Crippen LogP contribution in [0.1, 0.15) is 79.1 Å². The van der Waals surface area contributed by atoms with Gasteiger partial charge in [0.1, 0.15) is 17.8 Å². The fraction of sp³-hybridized carbons (Fsp3) is 0.516. The van der Waals surface area contributed by atoms with Gasteiger partial charge in [0.15, 0.2) is 0 Å². The van der Waals surface area contributed by atoms with Crippen molar-refractivity contribution in [1.82, 2.24) is 25.1 Å². The number of benzene rings is 1. The Morgan fingerprint density at radius 3 is 2.65 bits per heavy atom. The normalized spacial score (nSPS) is 23.0. The zero-order valence-corrected chi connectivity index (χ0v) is 24.5. The molecule has 0 bridgehead atoms. The molecule has 43 heavy (non-hydrogen) atoms. The summed E-state index contributed by atoms with van der Waals surface area (Å²) in [6.07, 6.45) is -0.326. The van der Waals surface area contributed by atoms with Gasteiger partial charge in [-0.15, -0.1) is 10.2 Å². The second-order valence-electron chi connectivity index (χ2n) is 13.0. The Bertz CT molecular complexity index is 1590. The topological polar surface area (TPSA) is 121 Å². The van der Waals surface area contributed by atoms with Crippen LogP contribution in [0.4, 0.5) is 24.5 Å². The summed E-state index contributed by atoms with van der Waals surface area (Å²) in [4.78, 5) is 18.3. The van der Waals surface area contributed by atoms with Gasteiger partial charge in [0.2, 0.25) is 0 Å². The monoisotopic (exact) mass is 592 g/mol. The van der Waals surface area contributed by atoms with Crippen molar-refractivity contribution in [2.45, 2.75) is 69.5 Å². The number of fused-ring (bicyclic) bond motifs is 1. The van der Waals surface area contributed by atoms with Crippen LogP contribution in [-0.2, 0) is 24.4 Å². The minimum Gasteiger partial charge on any atom is -0.382 e. The number of hydrogen-bond acceptors (Lipinski definition) is 7. The number of pyridine rings is 1. The number of carbonyl (C=O) groups excluding carboxylic acids is 1. The highest BCUT2D eigenvalue weighted by molar-refractivity contribution is 6.03. The van der Waals surface area contributed by atoms with Gasteiger partial charge in [-0.3, -0.25) is 4.79 Å². The number of carbonyl (C=O) groups is 1. The van der Waals surface area contributed by atoms with Gasteiger partial charge in [-0.05, 0) is 60.9 Å². The minimum absolute atomic E-state index is 0.132. The van der Waals surface area contributed by atoms with E-state index in [1.807, 2.05) is 49.7 Å². The van der Waals surface area contributed by atoms with Crippen molar-refractivity contribution in [3.8, 4) is 6.07 Å². The predicted molar refractivity (Wildman–Crippen MR) is 154 cm³/mol.